The highest BCUT2D eigenvalue weighted by atomic mass is 16.5. The molecule has 30 heavy (non-hydrogen) atoms. The average molecular weight is 402 g/mol. The van der Waals surface area contributed by atoms with E-state index >= 15 is 0 Å². The molecule has 0 saturated heterocycles. The summed E-state index contributed by atoms with van der Waals surface area (Å²) >= 11 is 0. The molecule has 2 aromatic carbocycles. The lowest BCUT2D eigenvalue weighted by Crippen LogP contribution is -2.04. The highest BCUT2D eigenvalue weighted by Crippen LogP contribution is 2.22. The molecule has 0 aliphatic carbocycles. The SMILES string of the molecule is C=Cc1cccc2[nH]c(C(=O)O)cc12.C=Cc1cccc2[nH]c(C(=O)OCC)cc12. The number of aromatic carboxylic acids is 1. The predicted molar refractivity (Wildman–Crippen MR) is 120 cm³/mol. The monoisotopic (exact) mass is 402 g/mol. The molecule has 0 amide bonds. The molecule has 152 valence electrons. The number of hydrogen-bond donors (Lipinski definition) is 3. The van der Waals surface area contributed by atoms with E-state index in [0.717, 1.165) is 32.9 Å². The first-order valence-corrected chi connectivity index (χ1v) is 9.37. The van der Waals surface area contributed by atoms with E-state index in [0.29, 0.717) is 12.3 Å². The molecule has 0 aliphatic rings. The summed E-state index contributed by atoms with van der Waals surface area (Å²) in [6.07, 6.45) is 3.48. The number of aromatic nitrogens is 2. The Morgan fingerprint density at radius 2 is 1.43 bits per heavy atom. The van der Waals surface area contributed by atoms with Gasteiger partial charge in [0, 0.05) is 21.8 Å². The zero-order valence-corrected chi connectivity index (χ0v) is 16.6. The summed E-state index contributed by atoms with van der Waals surface area (Å²) in [7, 11) is 0. The van der Waals surface area contributed by atoms with Crippen LogP contribution in [0.1, 0.15) is 39.0 Å². The fourth-order valence-electron chi connectivity index (χ4n) is 3.15. The van der Waals surface area contributed by atoms with E-state index in [-0.39, 0.29) is 11.7 Å². The summed E-state index contributed by atoms with van der Waals surface area (Å²) in [5.74, 6) is -1.27. The normalized spacial score (nSPS) is 10.3. The molecule has 4 rings (SSSR count). The molecule has 0 aliphatic heterocycles. The van der Waals surface area contributed by atoms with Gasteiger partial charge in [0.05, 0.1) is 6.61 Å². The highest BCUT2D eigenvalue weighted by molar-refractivity contribution is 5.98. The number of carbonyl (C=O) groups excluding carboxylic acids is 1. The number of carboxylic acids is 1. The van der Waals surface area contributed by atoms with E-state index in [1.165, 1.54) is 0 Å². The molecule has 0 spiro atoms. The number of rotatable bonds is 5. The van der Waals surface area contributed by atoms with Crippen molar-refractivity contribution in [1.29, 1.82) is 0 Å². The summed E-state index contributed by atoms with van der Waals surface area (Å²) in [6, 6.07) is 14.8. The van der Waals surface area contributed by atoms with Gasteiger partial charge in [-0.25, -0.2) is 9.59 Å². The molecule has 2 aromatic heterocycles. The number of benzene rings is 2. The largest absolute Gasteiger partial charge is 0.477 e. The summed E-state index contributed by atoms with van der Waals surface area (Å²) in [6.45, 7) is 9.58. The van der Waals surface area contributed by atoms with Crippen molar-refractivity contribution >= 4 is 45.9 Å². The Balaban J connectivity index is 0.000000172. The molecule has 0 atom stereocenters. The zero-order chi connectivity index (χ0) is 21.7. The number of esters is 1. The summed E-state index contributed by atoms with van der Waals surface area (Å²) < 4.78 is 4.93. The first kappa shape index (κ1) is 20.7. The Kier molecular flexibility index (Phi) is 6.17. The first-order chi connectivity index (χ1) is 14.5. The average Bonchev–Trinajstić information content (AvgIpc) is 3.38. The molecule has 6 heteroatoms. The minimum Gasteiger partial charge on any atom is -0.477 e. The van der Waals surface area contributed by atoms with E-state index in [1.807, 2.05) is 36.4 Å². The number of hydrogen-bond acceptors (Lipinski definition) is 3. The highest BCUT2D eigenvalue weighted by Gasteiger charge is 2.11. The second kappa shape index (κ2) is 8.96. The molecule has 4 aromatic rings. The van der Waals surface area contributed by atoms with Crippen molar-refractivity contribution in [1.82, 2.24) is 9.97 Å². The molecule has 0 saturated carbocycles. The Hall–Kier alpha value is -4.06. The number of aromatic amines is 2. The van der Waals surface area contributed by atoms with Gasteiger partial charge >= 0.3 is 11.9 Å². The maximum atomic E-state index is 11.5. The first-order valence-electron chi connectivity index (χ1n) is 9.37. The molecule has 0 radical (unpaired) electrons. The lowest BCUT2D eigenvalue weighted by Gasteiger charge is -1.96. The van der Waals surface area contributed by atoms with Crippen LogP contribution in [0.5, 0.6) is 0 Å². The van der Waals surface area contributed by atoms with Gasteiger partial charge in [0.15, 0.2) is 0 Å². The third-order valence-electron chi connectivity index (χ3n) is 4.56. The molecule has 6 nitrogen and oxygen atoms in total. The van der Waals surface area contributed by atoms with Crippen LogP contribution in [0.3, 0.4) is 0 Å². The molecule has 0 unspecified atom stereocenters. The van der Waals surface area contributed by atoms with Gasteiger partial charge in [-0.3, -0.25) is 0 Å². The lowest BCUT2D eigenvalue weighted by molar-refractivity contribution is 0.0520. The maximum Gasteiger partial charge on any atom is 0.354 e. The molecular formula is C24H22N2O4. The number of nitrogens with one attached hydrogen (secondary N) is 2. The fourth-order valence-corrected chi connectivity index (χ4v) is 3.15. The Morgan fingerprint density at radius 1 is 0.933 bits per heavy atom. The van der Waals surface area contributed by atoms with Crippen molar-refractivity contribution in [2.75, 3.05) is 6.61 Å². The Bertz CT molecular complexity index is 1250. The van der Waals surface area contributed by atoms with Crippen LogP contribution >= 0.6 is 0 Å². The van der Waals surface area contributed by atoms with Gasteiger partial charge in [0.1, 0.15) is 11.4 Å². The molecule has 0 fully saturated rings. The van der Waals surface area contributed by atoms with Gasteiger partial charge in [-0.15, -0.1) is 0 Å². The van der Waals surface area contributed by atoms with Crippen molar-refractivity contribution in [3.63, 3.8) is 0 Å². The van der Waals surface area contributed by atoms with Crippen LogP contribution in [-0.2, 0) is 4.74 Å². The van der Waals surface area contributed by atoms with Crippen LogP contribution in [0.15, 0.2) is 61.7 Å². The number of H-pyrrole nitrogens is 2. The van der Waals surface area contributed by atoms with E-state index in [9.17, 15) is 9.59 Å². The van der Waals surface area contributed by atoms with E-state index < -0.39 is 5.97 Å². The minimum atomic E-state index is -0.948. The van der Waals surface area contributed by atoms with Gasteiger partial charge in [-0.05, 0) is 42.3 Å². The maximum absolute atomic E-state index is 11.5. The van der Waals surface area contributed by atoms with Gasteiger partial charge in [0.25, 0.3) is 0 Å². The van der Waals surface area contributed by atoms with Gasteiger partial charge in [0.2, 0.25) is 0 Å². The second-order valence-corrected chi connectivity index (χ2v) is 6.42. The van der Waals surface area contributed by atoms with E-state index in [2.05, 4.69) is 23.1 Å². The number of carbonyl (C=O) groups is 2. The molecule has 2 heterocycles. The van der Waals surface area contributed by atoms with Crippen LogP contribution in [0.4, 0.5) is 0 Å². The van der Waals surface area contributed by atoms with Crippen molar-refractivity contribution in [2.45, 2.75) is 6.92 Å². The van der Waals surface area contributed by atoms with Crippen LogP contribution in [-0.4, -0.2) is 33.6 Å². The van der Waals surface area contributed by atoms with Crippen LogP contribution in [0, 0.1) is 0 Å². The van der Waals surface area contributed by atoms with Crippen LogP contribution < -0.4 is 0 Å². The summed E-state index contributed by atoms with van der Waals surface area (Å²) in [5.41, 5.74) is 4.36. The predicted octanol–water partition coefficient (Wildman–Crippen LogP) is 5.50. The smallest absolute Gasteiger partial charge is 0.354 e. The third kappa shape index (κ3) is 4.17. The van der Waals surface area contributed by atoms with Gasteiger partial charge in [-0.1, -0.05) is 49.6 Å². The van der Waals surface area contributed by atoms with Crippen molar-refractivity contribution in [2.24, 2.45) is 0 Å². The number of carboxylic acid groups (broad SMARTS) is 1. The quantitative estimate of drug-likeness (QED) is 0.384. The van der Waals surface area contributed by atoms with Crippen molar-refractivity contribution in [3.05, 3.63) is 84.2 Å². The second-order valence-electron chi connectivity index (χ2n) is 6.42. The van der Waals surface area contributed by atoms with Crippen LogP contribution in [0.25, 0.3) is 34.0 Å². The van der Waals surface area contributed by atoms with Crippen molar-refractivity contribution in [3.8, 4) is 0 Å². The van der Waals surface area contributed by atoms with E-state index in [1.54, 1.807) is 31.2 Å². The number of ether oxygens (including phenoxy) is 1. The lowest BCUT2D eigenvalue weighted by atomic mass is 10.1. The third-order valence-corrected chi connectivity index (χ3v) is 4.56. The fraction of sp³-hybridized carbons (Fsp3) is 0.0833. The standard InChI is InChI=1S/C13H13NO2.C11H9NO2/c1-3-9-6-5-7-11-10(9)8-12(14-11)13(15)16-4-2;1-2-7-4-3-5-9-8(7)6-10(12-9)11(13)14/h3,5-8,14H,1,4H2,2H3;2-6,12H,1H2,(H,13,14). The topological polar surface area (TPSA) is 95.2 Å². The van der Waals surface area contributed by atoms with Crippen LogP contribution in [0.2, 0.25) is 0 Å². The molecule has 3 N–H and O–H groups in total. The molecule has 0 bridgehead atoms. The summed E-state index contributed by atoms with van der Waals surface area (Å²) in [4.78, 5) is 28.1. The van der Waals surface area contributed by atoms with Gasteiger partial charge in [-0.2, -0.15) is 0 Å². The Labute approximate surface area is 173 Å². The Morgan fingerprint density at radius 3 is 1.90 bits per heavy atom. The van der Waals surface area contributed by atoms with Crippen molar-refractivity contribution < 1.29 is 19.4 Å². The minimum absolute atomic E-state index is 0.203. The summed E-state index contributed by atoms with van der Waals surface area (Å²) in [5, 5.41) is 10.7. The zero-order valence-electron chi connectivity index (χ0n) is 16.6. The van der Waals surface area contributed by atoms with Gasteiger partial charge < -0.3 is 19.8 Å². The van der Waals surface area contributed by atoms with E-state index in [4.69, 9.17) is 9.84 Å². The molecular weight excluding hydrogens is 380 g/mol. The number of fused-ring (bicyclic) bond motifs is 2.